The van der Waals surface area contributed by atoms with Crippen LogP contribution in [-0.2, 0) is 6.42 Å². The molecule has 1 nitrogen and oxygen atoms in total. The molecule has 1 heteroatoms. The fraction of sp³-hybridized carbons (Fsp3) is 0.700. The lowest BCUT2D eigenvalue weighted by Crippen LogP contribution is -2.25. The van der Waals surface area contributed by atoms with Gasteiger partial charge in [0.15, 0.2) is 0 Å². The van der Waals surface area contributed by atoms with Gasteiger partial charge in [0.25, 0.3) is 0 Å². The van der Waals surface area contributed by atoms with E-state index in [0.717, 1.165) is 12.5 Å². The highest BCUT2D eigenvalue weighted by molar-refractivity contribution is 5.21. The normalized spacial score (nSPS) is 12.5. The summed E-state index contributed by atoms with van der Waals surface area (Å²) in [5.41, 5.74) is 2.86. The van der Waals surface area contributed by atoms with Crippen LogP contribution in [0.2, 0.25) is 0 Å². The molecule has 1 N–H and O–H groups in total. The van der Waals surface area contributed by atoms with Gasteiger partial charge < -0.3 is 5.32 Å². The van der Waals surface area contributed by atoms with E-state index in [2.05, 4.69) is 50.4 Å². The van der Waals surface area contributed by atoms with Gasteiger partial charge in [-0.25, -0.2) is 0 Å². The zero-order chi connectivity index (χ0) is 15.3. The van der Waals surface area contributed by atoms with Crippen molar-refractivity contribution in [1.82, 2.24) is 5.32 Å². The van der Waals surface area contributed by atoms with Gasteiger partial charge in [0, 0.05) is 0 Å². The highest BCUT2D eigenvalue weighted by atomic mass is 14.8. The number of rotatable bonds is 12. The summed E-state index contributed by atoms with van der Waals surface area (Å²) in [5, 5.41) is 3.62. The average Bonchev–Trinajstić information content (AvgIpc) is 2.49. The third-order valence-corrected chi connectivity index (χ3v) is 4.22. The van der Waals surface area contributed by atoms with Crippen molar-refractivity contribution in [2.75, 3.05) is 13.1 Å². The van der Waals surface area contributed by atoms with Crippen molar-refractivity contribution in [3.63, 3.8) is 0 Å². The summed E-state index contributed by atoms with van der Waals surface area (Å²) < 4.78 is 0. The molecule has 0 saturated carbocycles. The van der Waals surface area contributed by atoms with Crippen LogP contribution in [0.15, 0.2) is 24.3 Å². The van der Waals surface area contributed by atoms with E-state index in [1.807, 2.05) is 0 Å². The van der Waals surface area contributed by atoms with Crippen LogP contribution in [0.1, 0.15) is 69.9 Å². The van der Waals surface area contributed by atoms with E-state index in [1.165, 1.54) is 69.0 Å². The molecule has 120 valence electrons. The number of unbranched alkanes of at least 4 members (excludes halogenated alkanes) is 4. The summed E-state index contributed by atoms with van der Waals surface area (Å²) in [6, 6.07) is 9.10. The van der Waals surface area contributed by atoms with Crippen molar-refractivity contribution in [3.8, 4) is 0 Å². The SMILES string of the molecule is CCCCCCCC(CNCCC)Cc1ccc(C)cc1. The van der Waals surface area contributed by atoms with Crippen LogP contribution < -0.4 is 5.32 Å². The highest BCUT2D eigenvalue weighted by Gasteiger charge is 2.09. The Bertz CT molecular complexity index is 341. The average molecular weight is 290 g/mol. The minimum Gasteiger partial charge on any atom is -0.316 e. The van der Waals surface area contributed by atoms with Crippen molar-refractivity contribution in [1.29, 1.82) is 0 Å². The van der Waals surface area contributed by atoms with E-state index < -0.39 is 0 Å². The van der Waals surface area contributed by atoms with Crippen molar-refractivity contribution in [2.24, 2.45) is 5.92 Å². The molecule has 0 amide bonds. The van der Waals surface area contributed by atoms with Gasteiger partial charge in [-0.2, -0.15) is 0 Å². The molecule has 0 spiro atoms. The topological polar surface area (TPSA) is 12.0 Å². The molecule has 1 unspecified atom stereocenters. The second-order valence-corrected chi connectivity index (χ2v) is 6.46. The molecular weight excluding hydrogens is 254 g/mol. The quantitative estimate of drug-likeness (QED) is 0.500. The number of aryl methyl sites for hydroxylation is 1. The number of hydrogen-bond donors (Lipinski definition) is 1. The van der Waals surface area contributed by atoms with Crippen LogP contribution in [0.4, 0.5) is 0 Å². The molecule has 0 bridgehead atoms. The summed E-state index contributed by atoms with van der Waals surface area (Å²) in [6.45, 7) is 9.02. The minimum absolute atomic E-state index is 0.792. The molecular formula is C20H35N. The van der Waals surface area contributed by atoms with E-state index in [0.29, 0.717) is 0 Å². The predicted molar refractivity (Wildman–Crippen MR) is 94.9 cm³/mol. The van der Waals surface area contributed by atoms with E-state index in [1.54, 1.807) is 0 Å². The van der Waals surface area contributed by atoms with E-state index >= 15 is 0 Å². The molecule has 1 atom stereocenters. The Balaban J connectivity index is 2.37. The third kappa shape index (κ3) is 8.93. The molecule has 21 heavy (non-hydrogen) atoms. The first kappa shape index (κ1) is 18.2. The molecule has 0 aliphatic carbocycles. The van der Waals surface area contributed by atoms with Gasteiger partial charge in [0.05, 0.1) is 0 Å². The Labute approximate surface area is 132 Å². The first-order chi connectivity index (χ1) is 10.3. The molecule has 1 aromatic rings. The molecule has 0 radical (unpaired) electrons. The zero-order valence-corrected chi connectivity index (χ0v) is 14.5. The fourth-order valence-corrected chi connectivity index (χ4v) is 2.85. The van der Waals surface area contributed by atoms with Gasteiger partial charge in [0.2, 0.25) is 0 Å². The van der Waals surface area contributed by atoms with Gasteiger partial charge in [-0.1, -0.05) is 75.8 Å². The molecule has 0 aromatic heterocycles. The van der Waals surface area contributed by atoms with Crippen molar-refractivity contribution in [2.45, 2.75) is 72.1 Å². The molecule has 1 aromatic carbocycles. The lowest BCUT2D eigenvalue weighted by Gasteiger charge is -2.18. The van der Waals surface area contributed by atoms with Crippen molar-refractivity contribution in [3.05, 3.63) is 35.4 Å². The Hall–Kier alpha value is -0.820. The summed E-state index contributed by atoms with van der Waals surface area (Å²) >= 11 is 0. The lowest BCUT2D eigenvalue weighted by atomic mass is 9.93. The summed E-state index contributed by atoms with van der Waals surface area (Å²) in [6.07, 6.45) is 10.8. The first-order valence-electron chi connectivity index (χ1n) is 9.02. The van der Waals surface area contributed by atoms with Crippen LogP contribution in [0.3, 0.4) is 0 Å². The van der Waals surface area contributed by atoms with Crippen LogP contribution in [0, 0.1) is 12.8 Å². The van der Waals surface area contributed by atoms with E-state index in [9.17, 15) is 0 Å². The van der Waals surface area contributed by atoms with Crippen LogP contribution >= 0.6 is 0 Å². The highest BCUT2D eigenvalue weighted by Crippen LogP contribution is 2.17. The number of nitrogens with one attached hydrogen (secondary N) is 1. The zero-order valence-electron chi connectivity index (χ0n) is 14.5. The molecule has 0 saturated heterocycles. The Morgan fingerprint density at radius 1 is 0.905 bits per heavy atom. The predicted octanol–water partition coefficient (Wildman–Crippen LogP) is 5.51. The largest absolute Gasteiger partial charge is 0.316 e. The Kier molecular flexibility index (Phi) is 10.2. The van der Waals surface area contributed by atoms with Gasteiger partial charge in [-0.15, -0.1) is 0 Å². The van der Waals surface area contributed by atoms with Crippen LogP contribution in [0.25, 0.3) is 0 Å². The first-order valence-corrected chi connectivity index (χ1v) is 9.02. The van der Waals surface area contributed by atoms with Crippen LogP contribution in [-0.4, -0.2) is 13.1 Å². The van der Waals surface area contributed by atoms with E-state index in [-0.39, 0.29) is 0 Å². The Morgan fingerprint density at radius 2 is 1.62 bits per heavy atom. The molecule has 1 rings (SSSR count). The Morgan fingerprint density at radius 3 is 2.29 bits per heavy atom. The molecule has 0 heterocycles. The number of hydrogen-bond acceptors (Lipinski definition) is 1. The maximum absolute atomic E-state index is 3.62. The van der Waals surface area contributed by atoms with Gasteiger partial charge >= 0.3 is 0 Å². The molecule has 0 aliphatic rings. The molecule has 0 fully saturated rings. The maximum Gasteiger partial charge on any atom is -0.00173 e. The number of benzene rings is 1. The monoisotopic (exact) mass is 289 g/mol. The summed E-state index contributed by atoms with van der Waals surface area (Å²) in [5.74, 6) is 0.792. The van der Waals surface area contributed by atoms with Crippen molar-refractivity contribution < 1.29 is 0 Å². The van der Waals surface area contributed by atoms with Gasteiger partial charge in [0.1, 0.15) is 0 Å². The van der Waals surface area contributed by atoms with Gasteiger partial charge in [-0.3, -0.25) is 0 Å². The second kappa shape index (κ2) is 11.8. The smallest absolute Gasteiger partial charge is 0.00173 e. The summed E-state index contributed by atoms with van der Waals surface area (Å²) in [4.78, 5) is 0. The van der Waals surface area contributed by atoms with Crippen LogP contribution in [0.5, 0.6) is 0 Å². The van der Waals surface area contributed by atoms with Crippen molar-refractivity contribution >= 4 is 0 Å². The summed E-state index contributed by atoms with van der Waals surface area (Å²) in [7, 11) is 0. The second-order valence-electron chi connectivity index (χ2n) is 6.46. The van der Waals surface area contributed by atoms with E-state index in [4.69, 9.17) is 0 Å². The lowest BCUT2D eigenvalue weighted by molar-refractivity contribution is 0.420. The fourth-order valence-electron chi connectivity index (χ4n) is 2.85. The molecule has 0 aliphatic heterocycles. The third-order valence-electron chi connectivity index (χ3n) is 4.22. The van der Waals surface area contributed by atoms with Gasteiger partial charge in [-0.05, 0) is 50.8 Å². The standard InChI is InChI=1S/C20H35N/c1-4-6-7-8-9-10-20(17-21-15-5-2)16-19-13-11-18(3)12-14-19/h11-14,20-21H,4-10,15-17H2,1-3H3. The minimum atomic E-state index is 0.792. The maximum atomic E-state index is 3.62.